The third-order valence-corrected chi connectivity index (χ3v) is 3.66. The van der Waals surface area contributed by atoms with Crippen LogP contribution in [0.15, 0.2) is 40.9 Å². The lowest BCUT2D eigenvalue weighted by Gasteiger charge is -2.08. The Morgan fingerprint density at radius 2 is 2.00 bits per heavy atom. The summed E-state index contributed by atoms with van der Waals surface area (Å²) in [7, 11) is 0. The van der Waals surface area contributed by atoms with Crippen LogP contribution in [0.25, 0.3) is 0 Å². The quantitative estimate of drug-likeness (QED) is 0.807. The fourth-order valence-electron chi connectivity index (χ4n) is 1.48. The lowest BCUT2D eigenvalue weighted by Crippen LogP contribution is -2.13. The van der Waals surface area contributed by atoms with Crippen LogP contribution in [0.1, 0.15) is 10.4 Å². The number of nitrogens with two attached hydrogens (primary N) is 1. The third-order valence-electron chi connectivity index (χ3n) is 2.44. The van der Waals surface area contributed by atoms with Gasteiger partial charge in [0, 0.05) is 10.0 Å². The Balaban J connectivity index is 2.23. The molecule has 0 aliphatic heterocycles. The molecule has 0 unspecified atom stereocenters. The zero-order valence-electron chi connectivity index (χ0n) is 9.58. The first kappa shape index (κ1) is 13.8. The molecule has 98 valence electrons. The van der Waals surface area contributed by atoms with Crippen molar-refractivity contribution in [3.63, 3.8) is 0 Å². The number of benzene rings is 2. The highest BCUT2D eigenvalue weighted by Gasteiger charge is 2.10. The Morgan fingerprint density at radius 1 is 1.26 bits per heavy atom. The number of amides is 1. The van der Waals surface area contributed by atoms with E-state index in [2.05, 4.69) is 21.2 Å². The summed E-state index contributed by atoms with van der Waals surface area (Å²) in [4.78, 5) is 12.0. The van der Waals surface area contributed by atoms with Crippen LogP contribution in [0.3, 0.4) is 0 Å². The first-order valence-corrected chi connectivity index (χ1v) is 6.46. The van der Waals surface area contributed by atoms with E-state index in [1.54, 1.807) is 18.2 Å². The molecule has 0 saturated carbocycles. The van der Waals surface area contributed by atoms with Gasteiger partial charge < -0.3 is 11.1 Å². The summed E-state index contributed by atoms with van der Waals surface area (Å²) in [5, 5.41) is 3.12. The zero-order valence-corrected chi connectivity index (χ0v) is 11.9. The first-order chi connectivity index (χ1) is 8.97. The van der Waals surface area contributed by atoms with Crippen LogP contribution in [0.4, 0.5) is 15.8 Å². The van der Waals surface area contributed by atoms with Crippen LogP contribution >= 0.6 is 27.5 Å². The number of carbonyl (C=O) groups excluding carboxylic acids is 1. The van der Waals surface area contributed by atoms with Gasteiger partial charge in [0.2, 0.25) is 0 Å². The van der Waals surface area contributed by atoms with Gasteiger partial charge in [-0.05, 0) is 52.3 Å². The van der Waals surface area contributed by atoms with E-state index in [4.69, 9.17) is 17.3 Å². The van der Waals surface area contributed by atoms with Crippen molar-refractivity contribution in [1.29, 1.82) is 0 Å². The average molecular weight is 344 g/mol. The fourth-order valence-corrected chi connectivity index (χ4v) is 1.98. The van der Waals surface area contributed by atoms with Gasteiger partial charge in [-0.2, -0.15) is 0 Å². The second-order valence-corrected chi connectivity index (χ2v) is 5.08. The Morgan fingerprint density at radius 3 is 2.63 bits per heavy atom. The second kappa shape index (κ2) is 5.59. The lowest BCUT2D eigenvalue weighted by atomic mass is 10.2. The van der Waals surface area contributed by atoms with Gasteiger partial charge in [0.1, 0.15) is 5.82 Å². The molecule has 0 aliphatic rings. The molecule has 1 amide bonds. The second-order valence-electron chi connectivity index (χ2n) is 3.81. The number of carbonyl (C=O) groups is 1. The normalized spacial score (nSPS) is 10.3. The predicted octanol–water partition coefficient (Wildman–Crippen LogP) is 4.08. The van der Waals surface area contributed by atoms with Crippen molar-refractivity contribution in [2.45, 2.75) is 0 Å². The van der Waals surface area contributed by atoms with Crippen molar-refractivity contribution in [2.75, 3.05) is 11.1 Å². The molecule has 0 fully saturated rings. The topological polar surface area (TPSA) is 55.1 Å². The Bertz CT molecular complexity index is 649. The summed E-state index contributed by atoms with van der Waals surface area (Å²) >= 11 is 9.09. The maximum Gasteiger partial charge on any atom is 0.255 e. The van der Waals surface area contributed by atoms with Gasteiger partial charge in [-0.3, -0.25) is 4.79 Å². The molecule has 6 heteroatoms. The van der Waals surface area contributed by atoms with Crippen LogP contribution in [0, 0.1) is 5.82 Å². The first-order valence-electron chi connectivity index (χ1n) is 5.29. The van der Waals surface area contributed by atoms with Gasteiger partial charge in [0.05, 0.1) is 16.4 Å². The molecule has 0 heterocycles. The summed E-state index contributed by atoms with van der Waals surface area (Å²) in [5.41, 5.74) is 6.56. The summed E-state index contributed by atoms with van der Waals surface area (Å²) in [6.45, 7) is 0. The standard InChI is InChI=1S/C13H9BrClFN2O/c14-9-5-7(1-3-10(9)15)13(19)18-12-4-2-8(16)6-11(12)17/h1-6H,17H2,(H,18,19). The number of anilines is 2. The molecular weight excluding hydrogens is 335 g/mol. The maximum atomic E-state index is 12.9. The van der Waals surface area contributed by atoms with E-state index >= 15 is 0 Å². The third kappa shape index (κ3) is 3.24. The maximum absolute atomic E-state index is 12.9. The van der Waals surface area contributed by atoms with Gasteiger partial charge in [-0.1, -0.05) is 11.6 Å². The molecule has 0 aliphatic carbocycles. The smallest absolute Gasteiger partial charge is 0.255 e. The van der Waals surface area contributed by atoms with E-state index < -0.39 is 5.82 Å². The van der Waals surface area contributed by atoms with Crippen molar-refractivity contribution < 1.29 is 9.18 Å². The van der Waals surface area contributed by atoms with Crippen LogP contribution in [0.5, 0.6) is 0 Å². The minimum atomic E-state index is -0.454. The summed E-state index contributed by atoms with van der Waals surface area (Å²) in [6.07, 6.45) is 0. The molecule has 2 aromatic carbocycles. The fraction of sp³-hybridized carbons (Fsp3) is 0. The molecule has 0 spiro atoms. The number of nitrogens with one attached hydrogen (secondary N) is 1. The van der Waals surface area contributed by atoms with Crippen LogP contribution in [-0.4, -0.2) is 5.91 Å². The van der Waals surface area contributed by atoms with Gasteiger partial charge in [-0.15, -0.1) is 0 Å². The summed E-state index contributed by atoms with van der Waals surface area (Å²) < 4.78 is 13.5. The molecule has 2 rings (SSSR count). The van der Waals surface area contributed by atoms with Gasteiger partial charge >= 0.3 is 0 Å². The molecule has 2 aromatic rings. The van der Waals surface area contributed by atoms with Crippen molar-refractivity contribution in [2.24, 2.45) is 0 Å². The van der Waals surface area contributed by atoms with E-state index in [0.717, 1.165) is 6.07 Å². The number of halogens is 3. The average Bonchev–Trinajstić information content (AvgIpc) is 2.36. The van der Waals surface area contributed by atoms with Crippen molar-refractivity contribution >= 4 is 44.8 Å². The molecule has 0 bridgehead atoms. The highest BCUT2D eigenvalue weighted by molar-refractivity contribution is 9.10. The van der Waals surface area contributed by atoms with Crippen LogP contribution in [0.2, 0.25) is 5.02 Å². The van der Waals surface area contributed by atoms with E-state index in [1.165, 1.54) is 12.1 Å². The highest BCUT2D eigenvalue weighted by Crippen LogP contribution is 2.24. The number of hydrogen-bond donors (Lipinski definition) is 2. The zero-order chi connectivity index (χ0) is 14.0. The monoisotopic (exact) mass is 342 g/mol. The predicted molar refractivity (Wildman–Crippen MR) is 77.9 cm³/mol. The van der Waals surface area contributed by atoms with E-state index in [0.29, 0.717) is 20.7 Å². The molecule has 3 nitrogen and oxygen atoms in total. The summed E-state index contributed by atoms with van der Waals surface area (Å²) in [5.74, 6) is -0.805. The molecule has 3 N–H and O–H groups in total. The van der Waals surface area contributed by atoms with Crippen LogP contribution < -0.4 is 11.1 Å². The van der Waals surface area contributed by atoms with Gasteiger partial charge in [0.15, 0.2) is 0 Å². The molecule has 0 atom stereocenters. The molecule has 0 saturated heterocycles. The Labute approximate surface area is 122 Å². The van der Waals surface area contributed by atoms with Crippen molar-refractivity contribution in [1.82, 2.24) is 0 Å². The van der Waals surface area contributed by atoms with E-state index in [9.17, 15) is 9.18 Å². The summed E-state index contributed by atoms with van der Waals surface area (Å²) in [6, 6.07) is 8.57. The molecule has 0 radical (unpaired) electrons. The minimum Gasteiger partial charge on any atom is -0.397 e. The number of rotatable bonds is 2. The highest BCUT2D eigenvalue weighted by atomic mass is 79.9. The van der Waals surface area contributed by atoms with Crippen molar-refractivity contribution in [3.05, 3.63) is 57.3 Å². The molecular formula is C13H9BrClFN2O. The lowest BCUT2D eigenvalue weighted by molar-refractivity contribution is 0.102. The largest absolute Gasteiger partial charge is 0.397 e. The number of hydrogen-bond acceptors (Lipinski definition) is 2. The minimum absolute atomic E-state index is 0.168. The van der Waals surface area contributed by atoms with E-state index in [-0.39, 0.29) is 11.6 Å². The van der Waals surface area contributed by atoms with Crippen molar-refractivity contribution in [3.8, 4) is 0 Å². The van der Waals surface area contributed by atoms with Gasteiger partial charge in [-0.25, -0.2) is 4.39 Å². The Hall–Kier alpha value is -1.59. The van der Waals surface area contributed by atoms with E-state index in [1.807, 2.05) is 0 Å². The molecule has 19 heavy (non-hydrogen) atoms. The van der Waals surface area contributed by atoms with Crippen LogP contribution in [-0.2, 0) is 0 Å². The number of nitrogen functional groups attached to an aromatic ring is 1. The van der Waals surface area contributed by atoms with Gasteiger partial charge in [0.25, 0.3) is 5.91 Å². The SMILES string of the molecule is Nc1cc(F)ccc1NC(=O)c1ccc(Cl)c(Br)c1. The molecule has 0 aromatic heterocycles. The Kier molecular flexibility index (Phi) is 4.07.